The molecular formula is C16H23NO2S. The van der Waals surface area contributed by atoms with Gasteiger partial charge in [-0.15, -0.1) is 11.8 Å². The lowest BCUT2D eigenvalue weighted by Crippen LogP contribution is -2.25. The third kappa shape index (κ3) is 4.44. The molecule has 4 heteroatoms. The number of ether oxygens (including phenoxy) is 1. The molecule has 2 rings (SSSR count). The highest BCUT2D eigenvalue weighted by atomic mass is 32.2. The molecule has 1 aromatic carbocycles. The van der Waals surface area contributed by atoms with Crippen molar-refractivity contribution in [2.45, 2.75) is 49.5 Å². The van der Waals surface area contributed by atoms with Crippen molar-refractivity contribution in [3.8, 4) is 5.75 Å². The van der Waals surface area contributed by atoms with Crippen molar-refractivity contribution in [3.05, 3.63) is 24.3 Å². The number of anilines is 1. The zero-order chi connectivity index (χ0) is 14.4. The quantitative estimate of drug-likeness (QED) is 0.888. The molecule has 0 aromatic heterocycles. The van der Waals surface area contributed by atoms with E-state index in [4.69, 9.17) is 4.74 Å². The zero-order valence-corrected chi connectivity index (χ0v) is 13.0. The average Bonchev–Trinajstić information content (AvgIpc) is 2.49. The molecule has 0 heterocycles. The second-order valence-electron chi connectivity index (χ2n) is 5.26. The second-order valence-corrected chi connectivity index (χ2v) is 6.90. The molecule has 0 bridgehead atoms. The smallest absolute Gasteiger partial charge is 0.237 e. The number of hydrogen-bond donors (Lipinski definition) is 1. The van der Waals surface area contributed by atoms with Gasteiger partial charge >= 0.3 is 0 Å². The van der Waals surface area contributed by atoms with E-state index in [1.807, 2.05) is 43.0 Å². The monoisotopic (exact) mass is 293 g/mol. The van der Waals surface area contributed by atoms with Gasteiger partial charge in [0.15, 0.2) is 0 Å². The number of carbonyl (C=O) groups is 1. The summed E-state index contributed by atoms with van der Waals surface area (Å²) in [5.74, 6) is 0.887. The van der Waals surface area contributed by atoms with Gasteiger partial charge in [-0.2, -0.15) is 0 Å². The van der Waals surface area contributed by atoms with Gasteiger partial charge in [0.1, 0.15) is 5.75 Å². The van der Waals surface area contributed by atoms with Crippen LogP contribution in [-0.4, -0.2) is 23.5 Å². The lowest BCUT2D eigenvalue weighted by molar-refractivity contribution is -0.115. The molecule has 1 saturated carbocycles. The normalized spacial score (nSPS) is 17.5. The molecule has 1 aromatic rings. The summed E-state index contributed by atoms with van der Waals surface area (Å²) in [5.41, 5.74) is 0.826. The first-order valence-electron chi connectivity index (χ1n) is 7.29. The predicted octanol–water partition coefficient (Wildman–Crippen LogP) is 4.09. The van der Waals surface area contributed by atoms with Gasteiger partial charge in [0.25, 0.3) is 0 Å². The molecule has 1 unspecified atom stereocenters. The number of methoxy groups -OCH3 is 1. The number of benzene rings is 1. The molecule has 1 fully saturated rings. The fourth-order valence-corrected chi connectivity index (χ4v) is 3.84. The molecule has 20 heavy (non-hydrogen) atoms. The Labute approximate surface area is 125 Å². The van der Waals surface area contributed by atoms with Crippen LogP contribution in [0.3, 0.4) is 0 Å². The SMILES string of the molecule is COc1ccc(NC(=O)C(C)SC2CCCCC2)cc1. The van der Waals surface area contributed by atoms with Crippen molar-refractivity contribution in [2.75, 3.05) is 12.4 Å². The van der Waals surface area contributed by atoms with E-state index in [0.29, 0.717) is 5.25 Å². The Bertz CT molecular complexity index is 427. The minimum Gasteiger partial charge on any atom is -0.497 e. The van der Waals surface area contributed by atoms with E-state index in [0.717, 1.165) is 11.4 Å². The van der Waals surface area contributed by atoms with Crippen LogP contribution < -0.4 is 10.1 Å². The van der Waals surface area contributed by atoms with Crippen molar-refractivity contribution in [1.82, 2.24) is 0 Å². The largest absolute Gasteiger partial charge is 0.497 e. The van der Waals surface area contributed by atoms with Gasteiger partial charge in [-0.05, 0) is 44.0 Å². The molecule has 0 saturated heterocycles. The third-order valence-electron chi connectivity index (χ3n) is 3.68. The Morgan fingerprint density at radius 3 is 2.50 bits per heavy atom. The van der Waals surface area contributed by atoms with Crippen LogP contribution >= 0.6 is 11.8 Å². The molecule has 0 spiro atoms. The van der Waals surface area contributed by atoms with E-state index in [-0.39, 0.29) is 11.2 Å². The predicted molar refractivity (Wildman–Crippen MR) is 85.5 cm³/mol. The minimum atomic E-state index is 0.000187. The summed E-state index contributed by atoms with van der Waals surface area (Å²) in [6.45, 7) is 2.00. The van der Waals surface area contributed by atoms with E-state index < -0.39 is 0 Å². The van der Waals surface area contributed by atoms with Gasteiger partial charge in [0.05, 0.1) is 12.4 Å². The van der Waals surface area contributed by atoms with Crippen molar-refractivity contribution in [2.24, 2.45) is 0 Å². The lowest BCUT2D eigenvalue weighted by atomic mass is 10.0. The van der Waals surface area contributed by atoms with Crippen LogP contribution in [-0.2, 0) is 4.79 Å². The van der Waals surface area contributed by atoms with Crippen LogP contribution in [0.25, 0.3) is 0 Å². The first-order valence-corrected chi connectivity index (χ1v) is 8.23. The van der Waals surface area contributed by atoms with Crippen LogP contribution in [0, 0.1) is 0 Å². The molecule has 0 radical (unpaired) electrons. The Morgan fingerprint density at radius 1 is 1.25 bits per heavy atom. The van der Waals surface area contributed by atoms with Crippen LogP contribution in [0.2, 0.25) is 0 Å². The molecule has 3 nitrogen and oxygen atoms in total. The molecule has 1 amide bonds. The number of hydrogen-bond acceptors (Lipinski definition) is 3. The van der Waals surface area contributed by atoms with Crippen LogP contribution in [0.15, 0.2) is 24.3 Å². The first-order chi connectivity index (χ1) is 9.69. The number of thioether (sulfide) groups is 1. The van der Waals surface area contributed by atoms with E-state index >= 15 is 0 Å². The number of amides is 1. The highest BCUT2D eigenvalue weighted by Crippen LogP contribution is 2.31. The fourth-order valence-electron chi connectivity index (χ4n) is 2.47. The summed E-state index contributed by atoms with van der Waals surface area (Å²) in [4.78, 5) is 12.2. The first kappa shape index (κ1) is 15.2. The number of carbonyl (C=O) groups excluding carboxylic acids is 1. The average molecular weight is 293 g/mol. The minimum absolute atomic E-state index is 0.000187. The molecule has 110 valence electrons. The standard InChI is InChI=1S/C16H23NO2S/c1-12(20-15-6-4-3-5-7-15)16(18)17-13-8-10-14(19-2)11-9-13/h8-12,15H,3-7H2,1-2H3,(H,17,18). The molecule has 1 aliphatic rings. The molecule has 0 aliphatic heterocycles. The number of nitrogens with one attached hydrogen (secondary N) is 1. The summed E-state index contributed by atoms with van der Waals surface area (Å²) < 4.78 is 5.11. The molecule has 1 N–H and O–H groups in total. The van der Waals surface area contributed by atoms with E-state index in [9.17, 15) is 4.79 Å². The maximum atomic E-state index is 12.2. The summed E-state index contributed by atoms with van der Waals surface area (Å²) in [7, 11) is 1.64. The molecule has 1 aliphatic carbocycles. The van der Waals surface area contributed by atoms with Crippen molar-refractivity contribution in [1.29, 1.82) is 0 Å². The van der Waals surface area contributed by atoms with Crippen molar-refractivity contribution < 1.29 is 9.53 Å². The highest BCUT2D eigenvalue weighted by molar-refractivity contribution is 8.01. The maximum Gasteiger partial charge on any atom is 0.237 e. The third-order valence-corrected chi connectivity index (χ3v) is 5.15. The van der Waals surface area contributed by atoms with Gasteiger partial charge in [-0.3, -0.25) is 4.79 Å². The van der Waals surface area contributed by atoms with Gasteiger partial charge in [-0.25, -0.2) is 0 Å². The van der Waals surface area contributed by atoms with E-state index in [2.05, 4.69) is 5.32 Å². The highest BCUT2D eigenvalue weighted by Gasteiger charge is 2.21. The summed E-state index contributed by atoms with van der Waals surface area (Å²) in [6.07, 6.45) is 6.48. The summed E-state index contributed by atoms with van der Waals surface area (Å²) >= 11 is 1.82. The van der Waals surface area contributed by atoms with Crippen molar-refractivity contribution >= 4 is 23.4 Å². The lowest BCUT2D eigenvalue weighted by Gasteiger charge is -2.23. The Balaban J connectivity index is 1.83. The topological polar surface area (TPSA) is 38.3 Å². The number of rotatable bonds is 5. The van der Waals surface area contributed by atoms with Gasteiger partial charge in [-0.1, -0.05) is 19.3 Å². The Morgan fingerprint density at radius 2 is 1.90 bits per heavy atom. The van der Waals surface area contributed by atoms with Crippen molar-refractivity contribution in [3.63, 3.8) is 0 Å². The van der Waals surface area contributed by atoms with E-state index in [1.165, 1.54) is 32.1 Å². The second kappa shape index (κ2) is 7.58. The van der Waals surface area contributed by atoms with Crippen LogP contribution in [0.1, 0.15) is 39.0 Å². The maximum absolute atomic E-state index is 12.2. The Kier molecular flexibility index (Phi) is 5.77. The van der Waals surface area contributed by atoms with Crippen LogP contribution in [0.4, 0.5) is 5.69 Å². The van der Waals surface area contributed by atoms with E-state index in [1.54, 1.807) is 7.11 Å². The molecular weight excluding hydrogens is 270 g/mol. The Hall–Kier alpha value is -1.16. The molecule has 1 atom stereocenters. The summed E-state index contributed by atoms with van der Waals surface area (Å²) in [6, 6.07) is 7.45. The zero-order valence-electron chi connectivity index (χ0n) is 12.2. The fraction of sp³-hybridized carbons (Fsp3) is 0.562. The van der Waals surface area contributed by atoms with Gasteiger partial charge in [0.2, 0.25) is 5.91 Å². The van der Waals surface area contributed by atoms with Gasteiger partial charge in [0, 0.05) is 10.9 Å². The summed E-state index contributed by atoms with van der Waals surface area (Å²) in [5, 5.41) is 3.62. The van der Waals surface area contributed by atoms with Gasteiger partial charge < -0.3 is 10.1 Å². The van der Waals surface area contributed by atoms with Crippen LogP contribution in [0.5, 0.6) is 5.75 Å².